The molecule has 1 aromatic carbocycles. The Hall–Kier alpha value is -0.660. The third-order valence-electron chi connectivity index (χ3n) is 2.22. The van der Waals surface area contributed by atoms with Crippen LogP contribution in [0.25, 0.3) is 0 Å². The molecule has 8 heteroatoms. The van der Waals surface area contributed by atoms with Gasteiger partial charge in [-0.25, -0.2) is 8.42 Å². The Kier molecular flexibility index (Phi) is 5.12. The Bertz CT molecular complexity index is 561. The van der Waals surface area contributed by atoms with Gasteiger partial charge in [-0.05, 0) is 18.1 Å². The molecule has 1 aromatic rings. The molecule has 1 unspecified atom stereocenters. The molecule has 5 nitrogen and oxygen atoms in total. The summed E-state index contributed by atoms with van der Waals surface area (Å²) in [7, 11) is -3.73. The summed E-state index contributed by atoms with van der Waals surface area (Å²) in [5.74, 6) is -0.301. The van der Waals surface area contributed by atoms with Gasteiger partial charge in [0.05, 0.1) is 10.7 Å². The normalized spacial score (nSPS) is 13.3. The molecule has 0 heterocycles. The summed E-state index contributed by atoms with van der Waals surface area (Å²) >= 11 is 8.68. The fourth-order valence-corrected chi connectivity index (χ4v) is 3.96. The first-order valence-electron chi connectivity index (χ1n) is 5.00. The Morgan fingerprint density at radius 1 is 1.50 bits per heavy atom. The standard InChI is InChI=1S/C10H11BrClNO4S/c1-7(5-12)6-18(16,17)10-4-8(11)2-3-9(10)13(14)15/h2-4,7H,5-6H2,1H3. The Labute approximate surface area is 118 Å². The van der Waals surface area contributed by atoms with Gasteiger partial charge in [0.25, 0.3) is 5.69 Å². The van der Waals surface area contributed by atoms with Gasteiger partial charge in [0.1, 0.15) is 4.90 Å². The van der Waals surface area contributed by atoms with Crippen molar-refractivity contribution >= 4 is 43.1 Å². The van der Waals surface area contributed by atoms with Gasteiger partial charge in [0.2, 0.25) is 0 Å². The zero-order valence-corrected chi connectivity index (χ0v) is 12.6. The molecule has 0 aromatic heterocycles. The Morgan fingerprint density at radius 2 is 2.11 bits per heavy atom. The van der Waals surface area contributed by atoms with E-state index in [1.807, 2.05) is 0 Å². The monoisotopic (exact) mass is 355 g/mol. The second-order valence-corrected chi connectivity index (χ2v) is 7.14. The zero-order chi connectivity index (χ0) is 13.9. The van der Waals surface area contributed by atoms with Crippen molar-refractivity contribution in [3.05, 3.63) is 32.8 Å². The van der Waals surface area contributed by atoms with Crippen LogP contribution in [0.2, 0.25) is 0 Å². The summed E-state index contributed by atoms with van der Waals surface area (Å²) in [5.41, 5.74) is -0.417. The highest BCUT2D eigenvalue weighted by atomic mass is 79.9. The predicted octanol–water partition coefficient (Wildman–Crippen LogP) is 3.01. The first-order chi connectivity index (χ1) is 8.27. The lowest BCUT2D eigenvalue weighted by Crippen LogP contribution is -2.16. The number of alkyl halides is 1. The van der Waals surface area contributed by atoms with E-state index < -0.39 is 20.4 Å². The van der Waals surface area contributed by atoms with Crippen LogP contribution < -0.4 is 0 Å². The summed E-state index contributed by atoms with van der Waals surface area (Å²) in [6.07, 6.45) is 0. The average Bonchev–Trinajstić information content (AvgIpc) is 2.27. The van der Waals surface area contributed by atoms with Gasteiger partial charge in [-0.2, -0.15) is 0 Å². The number of benzene rings is 1. The molecule has 0 amide bonds. The first kappa shape index (κ1) is 15.4. The molecule has 1 rings (SSSR count). The van der Waals surface area contributed by atoms with E-state index in [0.717, 1.165) is 0 Å². The number of rotatable bonds is 5. The maximum Gasteiger partial charge on any atom is 0.288 e. The molecule has 0 saturated carbocycles. The van der Waals surface area contributed by atoms with Gasteiger partial charge in [0.15, 0.2) is 9.84 Å². The molecule has 0 spiro atoms. The minimum absolute atomic E-state index is 0.182. The highest BCUT2D eigenvalue weighted by Gasteiger charge is 2.27. The fraction of sp³-hybridized carbons (Fsp3) is 0.400. The number of hydrogen-bond acceptors (Lipinski definition) is 4. The van der Waals surface area contributed by atoms with Gasteiger partial charge >= 0.3 is 0 Å². The van der Waals surface area contributed by atoms with Crippen LogP contribution in [0.3, 0.4) is 0 Å². The number of sulfone groups is 1. The maximum atomic E-state index is 12.1. The molecule has 18 heavy (non-hydrogen) atoms. The van der Waals surface area contributed by atoms with E-state index in [4.69, 9.17) is 11.6 Å². The second kappa shape index (κ2) is 5.99. The average molecular weight is 357 g/mol. The van der Waals surface area contributed by atoms with Gasteiger partial charge in [-0.1, -0.05) is 22.9 Å². The highest BCUT2D eigenvalue weighted by Crippen LogP contribution is 2.29. The van der Waals surface area contributed by atoms with Gasteiger partial charge in [-0.15, -0.1) is 11.6 Å². The number of nitro groups is 1. The van der Waals surface area contributed by atoms with Crippen LogP contribution in [-0.2, 0) is 9.84 Å². The lowest BCUT2D eigenvalue weighted by Gasteiger charge is -2.09. The molecule has 0 aliphatic rings. The molecule has 0 bridgehead atoms. The van der Waals surface area contributed by atoms with Crippen molar-refractivity contribution in [2.45, 2.75) is 11.8 Å². The van der Waals surface area contributed by atoms with E-state index >= 15 is 0 Å². The Balaban J connectivity index is 3.30. The predicted molar refractivity (Wildman–Crippen MR) is 72.7 cm³/mol. The van der Waals surface area contributed by atoms with Crippen LogP contribution in [0.1, 0.15) is 6.92 Å². The summed E-state index contributed by atoms with van der Waals surface area (Å²) < 4.78 is 24.7. The van der Waals surface area contributed by atoms with Crippen LogP contribution in [-0.4, -0.2) is 25.0 Å². The molecule has 0 aliphatic heterocycles. The van der Waals surface area contributed by atoms with Gasteiger partial charge < -0.3 is 0 Å². The van der Waals surface area contributed by atoms with Crippen molar-refractivity contribution < 1.29 is 13.3 Å². The van der Waals surface area contributed by atoms with Crippen LogP contribution in [0.15, 0.2) is 27.6 Å². The number of nitro benzene ring substituents is 1. The number of halogens is 2. The first-order valence-corrected chi connectivity index (χ1v) is 7.98. The minimum atomic E-state index is -3.73. The molecular formula is C10H11BrClNO4S. The molecule has 0 N–H and O–H groups in total. The number of nitrogens with zero attached hydrogens (tertiary/aromatic N) is 1. The molecule has 1 atom stereocenters. The van der Waals surface area contributed by atoms with Crippen molar-refractivity contribution in [2.24, 2.45) is 5.92 Å². The van der Waals surface area contributed by atoms with Crippen molar-refractivity contribution in [3.63, 3.8) is 0 Å². The van der Waals surface area contributed by atoms with Crippen molar-refractivity contribution in [1.82, 2.24) is 0 Å². The topological polar surface area (TPSA) is 77.3 Å². The van der Waals surface area contributed by atoms with E-state index in [0.29, 0.717) is 4.47 Å². The molecular weight excluding hydrogens is 346 g/mol. The van der Waals surface area contributed by atoms with Crippen molar-refractivity contribution in [2.75, 3.05) is 11.6 Å². The third kappa shape index (κ3) is 3.66. The van der Waals surface area contributed by atoms with Crippen molar-refractivity contribution in [1.29, 1.82) is 0 Å². The van der Waals surface area contributed by atoms with Crippen LogP contribution in [0.5, 0.6) is 0 Å². The molecule has 0 fully saturated rings. The van der Waals surface area contributed by atoms with Gasteiger partial charge in [-0.3, -0.25) is 10.1 Å². The van der Waals surface area contributed by atoms with E-state index in [1.165, 1.54) is 18.2 Å². The lowest BCUT2D eigenvalue weighted by atomic mass is 10.3. The van der Waals surface area contributed by atoms with E-state index in [-0.39, 0.29) is 22.4 Å². The van der Waals surface area contributed by atoms with Crippen molar-refractivity contribution in [3.8, 4) is 0 Å². The van der Waals surface area contributed by atoms with E-state index in [1.54, 1.807) is 6.92 Å². The van der Waals surface area contributed by atoms with E-state index in [9.17, 15) is 18.5 Å². The smallest absolute Gasteiger partial charge is 0.258 e. The fourth-order valence-electron chi connectivity index (χ4n) is 1.40. The van der Waals surface area contributed by atoms with E-state index in [2.05, 4.69) is 15.9 Å². The molecule has 100 valence electrons. The maximum absolute atomic E-state index is 12.1. The lowest BCUT2D eigenvalue weighted by molar-refractivity contribution is -0.387. The van der Waals surface area contributed by atoms with Crippen LogP contribution >= 0.6 is 27.5 Å². The number of hydrogen-bond donors (Lipinski definition) is 0. The Morgan fingerprint density at radius 3 is 2.61 bits per heavy atom. The quantitative estimate of drug-likeness (QED) is 0.461. The molecule has 0 aliphatic carbocycles. The minimum Gasteiger partial charge on any atom is -0.258 e. The SMILES string of the molecule is CC(CCl)CS(=O)(=O)c1cc(Br)ccc1[N+](=O)[O-]. The molecule has 0 radical (unpaired) electrons. The summed E-state index contributed by atoms with van der Waals surface area (Å²) in [5, 5.41) is 10.8. The second-order valence-electron chi connectivity index (χ2n) is 3.91. The molecule has 0 saturated heterocycles. The largest absolute Gasteiger partial charge is 0.288 e. The summed E-state index contributed by atoms with van der Waals surface area (Å²) in [4.78, 5) is 9.85. The third-order valence-corrected chi connectivity index (χ3v) is 5.25. The van der Waals surface area contributed by atoms with Crippen LogP contribution in [0, 0.1) is 16.0 Å². The summed E-state index contributed by atoms with van der Waals surface area (Å²) in [6, 6.07) is 3.85. The zero-order valence-electron chi connectivity index (χ0n) is 9.47. The van der Waals surface area contributed by atoms with Crippen LogP contribution in [0.4, 0.5) is 5.69 Å². The highest BCUT2D eigenvalue weighted by molar-refractivity contribution is 9.10. The summed E-state index contributed by atoms with van der Waals surface area (Å²) in [6.45, 7) is 1.67. The van der Waals surface area contributed by atoms with Gasteiger partial charge in [0, 0.05) is 16.4 Å².